The Balaban J connectivity index is 0.889. The average molecular weight is 779 g/mol. The third-order valence-corrected chi connectivity index (χ3v) is 9.84. The van der Waals surface area contributed by atoms with Gasteiger partial charge in [0.05, 0.1) is 83.1 Å². The lowest BCUT2D eigenvalue weighted by atomic mass is 9.88. The minimum absolute atomic E-state index is 0.000408. The van der Waals surface area contributed by atoms with Crippen LogP contribution in [0, 0.1) is 18.2 Å². The number of hydrogen-bond donors (Lipinski definition) is 2. The number of aryl methyl sites for hydroxylation is 1. The number of carbonyl (C=O) groups is 1. The van der Waals surface area contributed by atoms with Gasteiger partial charge < -0.3 is 39.6 Å². The van der Waals surface area contributed by atoms with Gasteiger partial charge in [-0.3, -0.25) is 14.3 Å². The van der Waals surface area contributed by atoms with Crippen LogP contribution in [-0.2, 0) is 28.5 Å². The van der Waals surface area contributed by atoms with Gasteiger partial charge in [-0.2, -0.15) is 0 Å². The van der Waals surface area contributed by atoms with Gasteiger partial charge in [-0.1, -0.05) is 20.8 Å². The van der Waals surface area contributed by atoms with Crippen molar-refractivity contribution in [3.63, 3.8) is 0 Å². The van der Waals surface area contributed by atoms with Gasteiger partial charge in [0.1, 0.15) is 23.0 Å². The van der Waals surface area contributed by atoms with Crippen molar-refractivity contribution in [2.45, 2.75) is 47.1 Å². The SMILES string of the molecule is Cc1nc2ccc(-c3ccnc(N)c3)nc2n1-c1ccc(N2CCN(CCOCCOCCOCCOCCOCCC(=O)NC(C)C(C)(C)C)CC2)c(F)c1. The normalized spacial score (nSPS) is 14.4. The van der Waals surface area contributed by atoms with Gasteiger partial charge in [-0.15, -0.1) is 0 Å². The summed E-state index contributed by atoms with van der Waals surface area (Å²) in [6, 6.07) is 12.9. The van der Waals surface area contributed by atoms with E-state index in [-0.39, 0.29) is 23.2 Å². The van der Waals surface area contributed by atoms with E-state index in [0.717, 1.165) is 55.3 Å². The molecule has 1 aliphatic rings. The highest BCUT2D eigenvalue weighted by Gasteiger charge is 2.22. The van der Waals surface area contributed by atoms with E-state index in [2.05, 4.69) is 45.9 Å². The minimum atomic E-state index is -0.278. The number of amides is 1. The van der Waals surface area contributed by atoms with Crippen LogP contribution >= 0.6 is 0 Å². The summed E-state index contributed by atoms with van der Waals surface area (Å²) in [5.41, 5.74) is 10.1. The number of anilines is 2. The van der Waals surface area contributed by atoms with Crippen LogP contribution < -0.4 is 16.0 Å². The summed E-state index contributed by atoms with van der Waals surface area (Å²) in [5.74, 6) is 0.862. The Labute approximate surface area is 329 Å². The molecule has 1 saturated heterocycles. The van der Waals surface area contributed by atoms with E-state index in [4.69, 9.17) is 34.4 Å². The van der Waals surface area contributed by atoms with E-state index in [1.165, 1.54) is 0 Å². The number of aromatic nitrogens is 4. The Kier molecular flexibility index (Phi) is 16.3. The van der Waals surface area contributed by atoms with Crippen molar-refractivity contribution in [2.75, 3.05) is 109 Å². The molecule has 1 unspecified atom stereocenters. The molecule has 1 atom stereocenters. The smallest absolute Gasteiger partial charge is 0.222 e. The van der Waals surface area contributed by atoms with Crippen molar-refractivity contribution < 1.29 is 32.9 Å². The molecule has 3 aromatic heterocycles. The second kappa shape index (κ2) is 21.3. The number of piperazine rings is 1. The first-order valence-corrected chi connectivity index (χ1v) is 19.5. The topological polar surface area (TPSA) is 151 Å². The summed E-state index contributed by atoms with van der Waals surface area (Å²) in [6.45, 7) is 18.9. The van der Waals surface area contributed by atoms with Gasteiger partial charge in [0.25, 0.3) is 0 Å². The molecule has 56 heavy (non-hydrogen) atoms. The van der Waals surface area contributed by atoms with Crippen LogP contribution in [0.15, 0.2) is 48.7 Å². The highest BCUT2D eigenvalue weighted by Crippen LogP contribution is 2.28. The molecule has 3 N–H and O–H groups in total. The number of rotatable bonds is 22. The number of nitrogens with zero attached hydrogens (tertiary/aromatic N) is 6. The number of benzene rings is 1. The number of halogens is 1. The zero-order valence-electron chi connectivity index (χ0n) is 33.6. The molecule has 5 rings (SSSR count). The fourth-order valence-corrected chi connectivity index (χ4v) is 6.12. The molecule has 14 nitrogen and oxygen atoms in total. The number of nitrogens with one attached hydrogen (secondary N) is 1. The lowest BCUT2D eigenvalue weighted by Crippen LogP contribution is -2.47. The highest BCUT2D eigenvalue weighted by atomic mass is 19.1. The molecule has 1 aliphatic heterocycles. The van der Waals surface area contributed by atoms with Crippen LogP contribution in [-0.4, -0.2) is 135 Å². The van der Waals surface area contributed by atoms with Gasteiger partial charge in [-0.05, 0) is 55.7 Å². The fraction of sp³-hybridized carbons (Fsp3) is 0.561. The van der Waals surface area contributed by atoms with Crippen molar-refractivity contribution in [1.82, 2.24) is 29.7 Å². The molecule has 4 heterocycles. The molecule has 0 spiro atoms. The highest BCUT2D eigenvalue weighted by molar-refractivity contribution is 5.78. The largest absolute Gasteiger partial charge is 0.384 e. The number of pyridine rings is 2. The number of fused-ring (bicyclic) bond motifs is 1. The quantitative estimate of drug-likeness (QED) is 0.107. The first-order chi connectivity index (χ1) is 27.0. The van der Waals surface area contributed by atoms with Crippen molar-refractivity contribution in [3.05, 3.63) is 60.3 Å². The Morgan fingerprint density at radius 2 is 1.46 bits per heavy atom. The Morgan fingerprint density at radius 3 is 2.07 bits per heavy atom. The minimum Gasteiger partial charge on any atom is -0.384 e. The van der Waals surface area contributed by atoms with E-state index in [1.807, 2.05) is 48.7 Å². The third kappa shape index (κ3) is 12.9. The lowest BCUT2D eigenvalue weighted by Gasteiger charge is -2.36. The molecule has 15 heteroatoms. The molecule has 1 fully saturated rings. The van der Waals surface area contributed by atoms with E-state index < -0.39 is 0 Å². The zero-order valence-corrected chi connectivity index (χ0v) is 33.6. The molecule has 0 bridgehead atoms. The van der Waals surface area contributed by atoms with Crippen molar-refractivity contribution >= 4 is 28.6 Å². The Morgan fingerprint density at radius 1 is 0.839 bits per heavy atom. The first-order valence-electron chi connectivity index (χ1n) is 19.5. The molecule has 306 valence electrons. The molecule has 0 aliphatic carbocycles. The molecular weight excluding hydrogens is 719 g/mol. The van der Waals surface area contributed by atoms with Crippen LogP contribution in [0.25, 0.3) is 28.1 Å². The Bertz CT molecular complexity index is 1830. The summed E-state index contributed by atoms with van der Waals surface area (Å²) in [6.07, 6.45) is 1.99. The van der Waals surface area contributed by atoms with Crippen molar-refractivity contribution in [3.8, 4) is 16.9 Å². The maximum atomic E-state index is 15.6. The number of carbonyl (C=O) groups excluding carboxylic acids is 1. The summed E-state index contributed by atoms with van der Waals surface area (Å²) in [7, 11) is 0. The number of hydrogen-bond acceptors (Lipinski definition) is 12. The molecule has 0 radical (unpaired) electrons. The summed E-state index contributed by atoms with van der Waals surface area (Å²) >= 11 is 0. The van der Waals surface area contributed by atoms with Crippen LogP contribution in [0.2, 0.25) is 0 Å². The summed E-state index contributed by atoms with van der Waals surface area (Å²) in [4.78, 5) is 30.0. The maximum Gasteiger partial charge on any atom is 0.222 e. The second-order valence-corrected chi connectivity index (χ2v) is 14.9. The number of ether oxygens (including phenoxy) is 5. The number of nitrogens with two attached hydrogens (primary N) is 1. The molecule has 4 aromatic rings. The third-order valence-electron chi connectivity index (χ3n) is 9.84. The van der Waals surface area contributed by atoms with Gasteiger partial charge in [0.2, 0.25) is 5.91 Å². The van der Waals surface area contributed by atoms with Gasteiger partial charge in [0, 0.05) is 63.0 Å². The molecule has 0 saturated carbocycles. The van der Waals surface area contributed by atoms with Crippen LogP contribution in [0.1, 0.15) is 39.9 Å². The summed E-state index contributed by atoms with van der Waals surface area (Å²) in [5, 5.41) is 3.00. The van der Waals surface area contributed by atoms with E-state index in [1.54, 1.807) is 18.3 Å². The monoisotopic (exact) mass is 778 g/mol. The standard InChI is InChI=1S/C41H59FN8O6/c1-30(41(3,4)5)45-39(51)11-18-52-20-22-54-24-26-56-27-25-55-23-21-53-19-17-48-13-15-49(16-14-48)37-9-6-33(29-34(37)42)50-31(2)46-36-8-7-35(47-40(36)50)32-10-12-44-38(43)28-32/h6-10,12,28-30H,11,13-27H2,1-5H3,(H2,43,44)(H,45,51). The van der Waals surface area contributed by atoms with Gasteiger partial charge in [0.15, 0.2) is 5.65 Å². The van der Waals surface area contributed by atoms with Crippen molar-refractivity contribution in [2.24, 2.45) is 5.41 Å². The van der Waals surface area contributed by atoms with Crippen LogP contribution in [0.5, 0.6) is 0 Å². The van der Waals surface area contributed by atoms with Gasteiger partial charge in [-0.25, -0.2) is 19.3 Å². The number of nitrogen functional groups attached to an aromatic ring is 1. The molecule has 1 aromatic carbocycles. The Hall–Kier alpha value is -4.25. The fourth-order valence-electron chi connectivity index (χ4n) is 6.12. The zero-order chi connectivity index (χ0) is 39.9. The van der Waals surface area contributed by atoms with Gasteiger partial charge >= 0.3 is 0 Å². The van der Waals surface area contributed by atoms with E-state index in [0.29, 0.717) is 95.3 Å². The predicted molar refractivity (Wildman–Crippen MR) is 216 cm³/mol. The van der Waals surface area contributed by atoms with Crippen LogP contribution in [0.3, 0.4) is 0 Å². The van der Waals surface area contributed by atoms with E-state index in [9.17, 15) is 4.79 Å². The predicted octanol–water partition coefficient (Wildman–Crippen LogP) is 4.66. The lowest BCUT2D eigenvalue weighted by molar-refractivity contribution is -0.123. The average Bonchev–Trinajstić information content (AvgIpc) is 3.50. The molecular formula is C41H59FN8O6. The molecule has 1 amide bonds. The second-order valence-electron chi connectivity index (χ2n) is 14.9. The number of imidazole rings is 1. The maximum absolute atomic E-state index is 15.6. The van der Waals surface area contributed by atoms with E-state index >= 15 is 4.39 Å². The van der Waals surface area contributed by atoms with Crippen LogP contribution in [0.4, 0.5) is 15.9 Å². The first kappa shape index (κ1) is 42.9. The van der Waals surface area contributed by atoms with Crippen molar-refractivity contribution in [1.29, 1.82) is 0 Å². The summed E-state index contributed by atoms with van der Waals surface area (Å²) < 4.78 is 45.4.